The summed E-state index contributed by atoms with van der Waals surface area (Å²) in [6.07, 6.45) is 0. The van der Waals surface area contributed by atoms with Gasteiger partial charge in [0.2, 0.25) is 0 Å². The summed E-state index contributed by atoms with van der Waals surface area (Å²) in [6, 6.07) is 18.4. The molecule has 0 spiro atoms. The van der Waals surface area contributed by atoms with E-state index in [1.54, 1.807) is 29.2 Å². The number of aromatic hydroxyl groups is 1. The van der Waals surface area contributed by atoms with Gasteiger partial charge in [-0.15, -0.1) is 0 Å². The monoisotopic (exact) mass is 455 g/mol. The Balaban J connectivity index is 1.71. The summed E-state index contributed by atoms with van der Waals surface area (Å²) < 4.78 is 5.31. The van der Waals surface area contributed by atoms with Gasteiger partial charge in [0.15, 0.2) is 11.5 Å². The summed E-state index contributed by atoms with van der Waals surface area (Å²) in [5, 5.41) is 26.8. The topological polar surface area (TPSA) is 116 Å². The number of carboxylic acids is 1. The first-order chi connectivity index (χ1) is 16.4. The molecule has 1 aromatic heterocycles. The van der Waals surface area contributed by atoms with Crippen LogP contribution in [0.15, 0.2) is 66.7 Å². The minimum atomic E-state index is -1.05. The number of H-pyrrole nitrogens is 1. The van der Waals surface area contributed by atoms with Crippen molar-refractivity contribution in [2.75, 3.05) is 12.0 Å². The molecule has 1 amide bonds. The summed E-state index contributed by atoms with van der Waals surface area (Å²) in [5.74, 6) is -1.07. The van der Waals surface area contributed by atoms with Crippen molar-refractivity contribution in [2.45, 2.75) is 13.0 Å². The van der Waals surface area contributed by atoms with Gasteiger partial charge in [-0.2, -0.15) is 5.10 Å². The molecule has 1 aliphatic rings. The van der Waals surface area contributed by atoms with Gasteiger partial charge in [0, 0.05) is 16.8 Å². The number of hydrogen-bond acceptors (Lipinski definition) is 5. The van der Waals surface area contributed by atoms with Gasteiger partial charge in [-0.05, 0) is 48.9 Å². The number of hydrogen-bond donors (Lipinski definition) is 3. The lowest BCUT2D eigenvalue weighted by molar-refractivity contribution is 0.0696. The highest BCUT2D eigenvalue weighted by Gasteiger charge is 2.43. The lowest BCUT2D eigenvalue weighted by Gasteiger charge is -2.27. The highest BCUT2D eigenvalue weighted by molar-refractivity contribution is 6.12. The van der Waals surface area contributed by atoms with E-state index >= 15 is 0 Å². The van der Waals surface area contributed by atoms with E-state index in [4.69, 9.17) is 4.74 Å². The quantitative estimate of drug-likeness (QED) is 0.407. The van der Waals surface area contributed by atoms with E-state index in [1.807, 2.05) is 31.2 Å². The van der Waals surface area contributed by atoms with Crippen LogP contribution in [0.1, 0.15) is 43.6 Å². The lowest BCUT2D eigenvalue weighted by atomic mass is 9.95. The average Bonchev–Trinajstić information content (AvgIpc) is 3.39. The molecule has 1 atom stereocenters. The van der Waals surface area contributed by atoms with Crippen molar-refractivity contribution in [3.05, 3.63) is 94.7 Å². The Morgan fingerprint density at radius 3 is 2.41 bits per heavy atom. The standard InChI is InChI=1S/C26H21N3O5/c1-14-3-5-15(6-4-14)22-21-23(28-27-22)25(31)29(18-10-7-16(8-11-18)26(32)33)24(21)17-9-12-19(30)20(13-17)34-2/h3-13,24,30H,1-2H3,(H,27,28)(H,32,33)/t24-/m0/s1. The fraction of sp³-hybridized carbons (Fsp3) is 0.115. The number of rotatable bonds is 5. The number of aryl methyl sites for hydroxylation is 1. The Labute approximate surface area is 195 Å². The van der Waals surface area contributed by atoms with Crippen LogP contribution in [0.2, 0.25) is 0 Å². The van der Waals surface area contributed by atoms with Crippen LogP contribution in [0.3, 0.4) is 0 Å². The molecule has 0 aliphatic carbocycles. The molecule has 4 aromatic rings. The summed E-state index contributed by atoms with van der Waals surface area (Å²) in [4.78, 5) is 26.5. The number of ether oxygens (including phenoxy) is 1. The Kier molecular flexibility index (Phi) is 5.05. The lowest BCUT2D eigenvalue weighted by Crippen LogP contribution is -2.29. The maximum absolute atomic E-state index is 13.6. The molecule has 8 heteroatoms. The first kappa shape index (κ1) is 21.3. The third-order valence-corrected chi connectivity index (χ3v) is 6.01. The number of nitrogens with one attached hydrogen (secondary N) is 1. The van der Waals surface area contributed by atoms with E-state index in [1.165, 1.54) is 25.3 Å². The van der Waals surface area contributed by atoms with E-state index in [0.29, 0.717) is 28.2 Å². The van der Waals surface area contributed by atoms with Crippen LogP contribution in [0.4, 0.5) is 5.69 Å². The van der Waals surface area contributed by atoms with E-state index < -0.39 is 12.0 Å². The van der Waals surface area contributed by atoms with Crippen LogP contribution in [0.5, 0.6) is 11.5 Å². The Morgan fingerprint density at radius 2 is 1.76 bits per heavy atom. The molecule has 0 saturated heterocycles. The molecule has 8 nitrogen and oxygen atoms in total. The van der Waals surface area contributed by atoms with E-state index in [2.05, 4.69) is 10.2 Å². The second-order valence-electron chi connectivity index (χ2n) is 8.09. The molecule has 170 valence electrons. The molecule has 0 radical (unpaired) electrons. The SMILES string of the molecule is COc1cc([C@H]2c3c(-c4ccc(C)cc4)n[nH]c3C(=O)N2c2ccc(C(=O)O)cc2)ccc1O. The minimum Gasteiger partial charge on any atom is -0.504 e. The highest BCUT2D eigenvalue weighted by atomic mass is 16.5. The van der Waals surface area contributed by atoms with Gasteiger partial charge in [0.1, 0.15) is 5.69 Å². The number of phenols is 1. The first-order valence-corrected chi connectivity index (χ1v) is 10.6. The molecular formula is C26H21N3O5. The third kappa shape index (κ3) is 3.36. The molecule has 0 bridgehead atoms. The van der Waals surface area contributed by atoms with E-state index in [-0.39, 0.29) is 23.0 Å². The number of amides is 1. The fourth-order valence-electron chi connectivity index (χ4n) is 4.29. The molecule has 2 heterocycles. The number of nitrogens with zero attached hydrogens (tertiary/aromatic N) is 2. The number of aromatic carboxylic acids is 1. The number of phenolic OH excluding ortho intramolecular Hbond substituents is 1. The molecule has 1 aliphatic heterocycles. The number of aromatic amines is 1. The van der Waals surface area contributed by atoms with Crippen molar-refractivity contribution in [3.63, 3.8) is 0 Å². The molecular weight excluding hydrogens is 434 g/mol. The predicted octanol–water partition coefficient (Wildman–Crippen LogP) is 4.55. The molecule has 0 saturated carbocycles. The number of benzene rings is 3. The fourth-order valence-corrected chi connectivity index (χ4v) is 4.29. The normalized spacial score (nSPS) is 14.8. The Morgan fingerprint density at radius 1 is 1.06 bits per heavy atom. The van der Waals surface area contributed by atoms with Gasteiger partial charge in [0.05, 0.1) is 24.4 Å². The zero-order valence-corrected chi connectivity index (χ0v) is 18.4. The molecule has 0 fully saturated rings. The van der Waals surface area contributed by atoms with Crippen molar-refractivity contribution in [1.29, 1.82) is 0 Å². The number of carbonyl (C=O) groups excluding carboxylic acids is 1. The van der Waals surface area contributed by atoms with Gasteiger partial charge < -0.3 is 14.9 Å². The summed E-state index contributed by atoms with van der Waals surface area (Å²) in [5.41, 5.74) is 5.02. The third-order valence-electron chi connectivity index (χ3n) is 6.01. The first-order valence-electron chi connectivity index (χ1n) is 10.6. The molecule has 0 unspecified atom stereocenters. The Hall–Kier alpha value is -4.59. The maximum atomic E-state index is 13.6. The van der Waals surface area contributed by atoms with Crippen molar-refractivity contribution in [1.82, 2.24) is 10.2 Å². The van der Waals surface area contributed by atoms with Crippen molar-refractivity contribution < 1.29 is 24.5 Å². The van der Waals surface area contributed by atoms with Gasteiger partial charge in [0.25, 0.3) is 5.91 Å². The number of fused-ring (bicyclic) bond motifs is 1. The summed E-state index contributed by atoms with van der Waals surface area (Å²) >= 11 is 0. The zero-order valence-electron chi connectivity index (χ0n) is 18.4. The smallest absolute Gasteiger partial charge is 0.335 e. The molecule has 5 rings (SSSR count). The highest BCUT2D eigenvalue weighted by Crippen LogP contribution is 2.46. The second kappa shape index (κ2) is 8.08. The summed E-state index contributed by atoms with van der Waals surface area (Å²) in [6.45, 7) is 2.00. The number of carboxylic acid groups (broad SMARTS) is 1. The van der Waals surface area contributed by atoms with Crippen LogP contribution in [0, 0.1) is 6.92 Å². The van der Waals surface area contributed by atoms with Crippen LogP contribution < -0.4 is 9.64 Å². The van der Waals surface area contributed by atoms with Gasteiger partial charge in [-0.1, -0.05) is 35.9 Å². The average molecular weight is 455 g/mol. The predicted molar refractivity (Wildman–Crippen MR) is 125 cm³/mol. The molecule has 3 aromatic carbocycles. The van der Waals surface area contributed by atoms with Crippen molar-refractivity contribution in [2.24, 2.45) is 0 Å². The molecule has 3 N–H and O–H groups in total. The van der Waals surface area contributed by atoms with E-state index in [0.717, 1.165) is 11.1 Å². The van der Waals surface area contributed by atoms with Crippen molar-refractivity contribution >= 4 is 17.6 Å². The number of anilines is 1. The van der Waals surface area contributed by atoms with Crippen LogP contribution in [0.25, 0.3) is 11.3 Å². The second-order valence-corrected chi connectivity index (χ2v) is 8.09. The van der Waals surface area contributed by atoms with Crippen LogP contribution in [-0.2, 0) is 0 Å². The zero-order chi connectivity index (χ0) is 24.0. The number of carbonyl (C=O) groups is 2. The maximum Gasteiger partial charge on any atom is 0.335 e. The van der Waals surface area contributed by atoms with Crippen LogP contribution >= 0.6 is 0 Å². The largest absolute Gasteiger partial charge is 0.504 e. The van der Waals surface area contributed by atoms with E-state index in [9.17, 15) is 19.8 Å². The van der Waals surface area contributed by atoms with Gasteiger partial charge in [-0.25, -0.2) is 4.79 Å². The number of aromatic nitrogens is 2. The summed E-state index contributed by atoms with van der Waals surface area (Å²) in [7, 11) is 1.46. The Bertz CT molecular complexity index is 1410. The van der Waals surface area contributed by atoms with Gasteiger partial charge in [-0.3, -0.25) is 14.8 Å². The minimum absolute atomic E-state index is 0.0147. The van der Waals surface area contributed by atoms with Gasteiger partial charge >= 0.3 is 5.97 Å². The molecule has 34 heavy (non-hydrogen) atoms. The number of methoxy groups -OCH3 is 1. The van der Waals surface area contributed by atoms with Crippen molar-refractivity contribution in [3.8, 4) is 22.8 Å². The van der Waals surface area contributed by atoms with Crippen LogP contribution in [-0.4, -0.2) is 39.4 Å².